The fourth-order valence-corrected chi connectivity index (χ4v) is 3.19. The molecule has 0 amide bonds. The van der Waals surface area contributed by atoms with Crippen LogP contribution in [0.1, 0.15) is 5.56 Å². The van der Waals surface area contributed by atoms with Crippen LogP contribution in [0.5, 0.6) is 5.88 Å². The van der Waals surface area contributed by atoms with Gasteiger partial charge in [-0.3, -0.25) is 4.90 Å². The molecule has 0 radical (unpaired) electrons. The number of anilines is 1. The largest absolute Gasteiger partial charge is 0.494 e. The van der Waals surface area contributed by atoms with Gasteiger partial charge in [-0.25, -0.2) is 9.97 Å². The normalized spacial score (nSPS) is 16.0. The van der Waals surface area contributed by atoms with Crippen molar-refractivity contribution in [3.63, 3.8) is 0 Å². The highest BCUT2D eigenvalue weighted by Gasteiger charge is 2.20. The number of benzene rings is 1. The van der Waals surface area contributed by atoms with Crippen LogP contribution in [0, 0.1) is 0 Å². The van der Waals surface area contributed by atoms with Crippen LogP contribution in [0.4, 0.5) is 5.95 Å². The van der Waals surface area contributed by atoms with Crippen LogP contribution < -0.4 is 4.90 Å². The molecule has 0 atom stereocenters. The standard InChI is InChI=1S/C18H21N5O/c1-21-13-16-15(17(21)24)11-19-18(20-16)23-9-7-22(8-10-23)12-14-5-3-2-4-6-14/h2-6,11,13,24H,7-10,12H2,1H3. The Hall–Kier alpha value is -2.60. The Morgan fingerprint density at radius 3 is 2.58 bits per heavy atom. The van der Waals surface area contributed by atoms with Crippen LogP contribution in [0.2, 0.25) is 0 Å². The summed E-state index contributed by atoms with van der Waals surface area (Å²) in [6, 6.07) is 10.6. The molecule has 1 fully saturated rings. The van der Waals surface area contributed by atoms with E-state index in [1.807, 2.05) is 6.20 Å². The van der Waals surface area contributed by atoms with Gasteiger partial charge >= 0.3 is 0 Å². The zero-order valence-electron chi connectivity index (χ0n) is 13.8. The average Bonchev–Trinajstić information content (AvgIpc) is 2.90. The molecule has 0 unspecified atom stereocenters. The van der Waals surface area contributed by atoms with Crippen molar-refractivity contribution in [3.8, 4) is 5.88 Å². The lowest BCUT2D eigenvalue weighted by Crippen LogP contribution is -2.46. The molecule has 6 nitrogen and oxygen atoms in total. The van der Waals surface area contributed by atoms with Gasteiger partial charge in [0.1, 0.15) is 0 Å². The lowest BCUT2D eigenvalue weighted by atomic mass is 10.2. The minimum absolute atomic E-state index is 0.212. The number of aryl methyl sites for hydroxylation is 1. The van der Waals surface area contributed by atoms with E-state index in [1.54, 1.807) is 17.8 Å². The Bertz CT molecular complexity index is 837. The molecule has 24 heavy (non-hydrogen) atoms. The van der Waals surface area contributed by atoms with Gasteiger partial charge in [-0.1, -0.05) is 30.3 Å². The van der Waals surface area contributed by atoms with Gasteiger partial charge in [-0.05, 0) is 5.56 Å². The van der Waals surface area contributed by atoms with Gasteiger partial charge in [0.05, 0.1) is 10.9 Å². The zero-order chi connectivity index (χ0) is 16.5. The molecule has 3 heterocycles. The van der Waals surface area contributed by atoms with Crippen molar-refractivity contribution in [2.45, 2.75) is 6.54 Å². The Morgan fingerprint density at radius 1 is 1.08 bits per heavy atom. The van der Waals surface area contributed by atoms with Gasteiger partial charge in [0.25, 0.3) is 0 Å². The van der Waals surface area contributed by atoms with Crippen LogP contribution >= 0.6 is 0 Å². The van der Waals surface area contributed by atoms with Crippen molar-refractivity contribution >= 4 is 16.9 Å². The highest BCUT2D eigenvalue weighted by Crippen LogP contribution is 2.25. The molecule has 6 heteroatoms. The number of nitrogens with zero attached hydrogens (tertiary/aromatic N) is 5. The molecule has 1 saturated heterocycles. The number of hydrogen-bond acceptors (Lipinski definition) is 5. The first kappa shape index (κ1) is 15.0. The van der Waals surface area contributed by atoms with Crippen LogP contribution in [-0.2, 0) is 13.6 Å². The minimum atomic E-state index is 0.212. The molecule has 2 aromatic heterocycles. The van der Waals surface area contributed by atoms with E-state index in [4.69, 9.17) is 0 Å². The molecule has 0 aliphatic carbocycles. The topological polar surface area (TPSA) is 57.4 Å². The molecule has 1 aromatic carbocycles. The molecule has 0 saturated carbocycles. The summed E-state index contributed by atoms with van der Waals surface area (Å²) in [5.41, 5.74) is 2.13. The number of hydrogen-bond donors (Lipinski definition) is 1. The van der Waals surface area contributed by atoms with E-state index >= 15 is 0 Å². The van der Waals surface area contributed by atoms with Crippen molar-refractivity contribution in [1.82, 2.24) is 19.4 Å². The first-order valence-electron chi connectivity index (χ1n) is 8.23. The number of fused-ring (bicyclic) bond motifs is 1. The summed E-state index contributed by atoms with van der Waals surface area (Å²) < 4.78 is 1.67. The summed E-state index contributed by atoms with van der Waals surface area (Å²) in [7, 11) is 1.80. The van der Waals surface area contributed by atoms with Crippen molar-refractivity contribution in [2.24, 2.45) is 7.05 Å². The summed E-state index contributed by atoms with van der Waals surface area (Å²) >= 11 is 0. The van der Waals surface area contributed by atoms with Gasteiger partial charge in [0.15, 0.2) is 0 Å². The second-order valence-corrected chi connectivity index (χ2v) is 6.28. The van der Waals surface area contributed by atoms with Crippen LogP contribution in [0.25, 0.3) is 10.9 Å². The van der Waals surface area contributed by atoms with Crippen molar-refractivity contribution in [3.05, 3.63) is 48.3 Å². The maximum atomic E-state index is 9.94. The summed E-state index contributed by atoms with van der Waals surface area (Å²) in [4.78, 5) is 13.7. The first-order valence-corrected chi connectivity index (χ1v) is 8.23. The van der Waals surface area contributed by atoms with Crippen molar-refractivity contribution in [2.75, 3.05) is 31.1 Å². The lowest BCUT2D eigenvalue weighted by Gasteiger charge is -2.34. The molecule has 0 bridgehead atoms. The molecular weight excluding hydrogens is 302 g/mol. The van der Waals surface area contributed by atoms with E-state index in [9.17, 15) is 5.11 Å². The van der Waals surface area contributed by atoms with E-state index < -0.39 is 0 Å². The fraction of sp³-hybridized carbons (Fsp3) is 0.333. The molecule has 124 valence electrons. The van der Waals surface area contributed by atoms with Gasteiger partial charge in [-0.15, -0.1) is 0 Å². The Balaban J connectivity index is 1.44. The van der Waals surface area contributed by atoms with Crippen LogP contribution in [-0.4, -0.2) is 50.7 Å². The number of aromatic nitrogens is 3. The predicted molar refractivity (Wildman–Crippen MR) is 94.1 cm³/mol. The Kier molecular flexibility index (Phi) is 3.82. The summed E-state index contributed by atoms with van der Waals surface area (Å²) in [5.74, 6) is 0.955. The Morgan fingerprint density at radius 2 is 1.83 bits per heavy atom. The Labute approximate surface area is 141 Å². The van der Waals surface area contributed by atoms with Crippen molar-refractivity contribution < 1.29 is 5.11 Å². The summed E-state index contributed by atoms with van der Waals surface area (Å²) in [6.45, 7) is 4.81. The molecule has 3 aromatic rings. The molecular formula is C18H21N5O. The fourth-order valence-electron chi connectivity index (χ4n) is 3.19. The quantitative estimate of drug-likeness (QED) is 0.799. The number of piperazine rings is 1. The maximum Gasteiger partial charge on any atom is 0.226 e. The third-order valence-electron chi connectivity index (χ3n) is 4.60. The van der Waals surface area contributed by atoms with Crippen LogP contribution in [0.15, 0.2) is 42.7 Å². The summed E-state index contributed by atoms with van der Waals surface area (Å²) in [5, 5.41) is 10.6. The molecule has 1 aliphatic rings. The number of rotatable bonds is 3. The summed E-state index contributed by atoms with van der Waals surface area (Å²) in [6.07, 6.45) is 3.55. The van der Waals surface area contributed by atoms with E-state index in [1.165, 1.54) is 5.56 Å². The highest BCUT2D eigenvalue weighted by molar-refractivity contribution is 5.84. The lowest BCUT2D eigenvalue weighted by molar-refractivity contribution is 0.249. The minimum Gasteiger partial charge on any atom is -0.494 e. The highest BCUT2D eigenvalue weighted by atomic mass is 16.3. The smallest absolute Gasteiger partial charge is 0.226 e. The molecule has 1 N–H and O–H groups in total. The van der Waals surface area contributed by atoms with Gasteiger partial charge in [0.2, 0.25) is 11.8 Å². The van der Waals surface area contributed by atoms with Gasteiger partial charge in [0, 0.05) is 52.2 Å². The van der Waals surface area contributed by atoms with Crippen molar-refractivity contribution in [1.29, 1.82) is 0 Å². The predicted octanol–water partition coefficient (Wildman–Crippen LogP) is 2.00. The molecule has 0 spiro atoms. The van der Waals surface area contributed by atoms with Gasteiger partial charge < -0.3 is 14.6 Å². The van der Waals surface area contributed by atoms with E-state index in [0.717, 1.165) is 44.2 Å². The van der Waals surface area contributed by atoms with E-state index in [2.05, 4.69) is 50.1 Å². The second kappa shape index (κ2) is 6.13. The van der Waals surface area contributed by atoms with Crippen LogP contribution in [0.3, 0.4) is 0 Å². The van der Waals surface area contributed by atoms with E-state index in [-0.39, 0.29) is 5.88 Å². The second-order valence-electron chi connectivity index (χ2n) is 6.28. The average molecular weight is 323 g/mol. The SMILES string of the molecule is Cn1cc2nc(N3CCN(Cc4ccccc4)CC3)ncc2c1O. The first-order chi connectivity index (χ1) is 11.7. The third-order valence-corrected chi connectivity index (χ3v) is 4.60. The molecule has 4 rings (SSSR count). The molecule has 1 aliphatic heterocycles. The van der Waals surface area contributed by atoms with Gasteiger partial charge in [-0.2, -0.15) is 0 Å². The monoisotopic (exact) mass is 323 g/mol. The number of aromatic hydroxyl groups is 1. The zero-order valence-corrected chi connectivity index (χ0v) is 13.8. The maximum absolute atomic E-state index is 9.94. The third kappa shape index (κ3) is 2.80. The van der Waals surface area contributed by atoms with E-state index in [0.29, 0.717) is 5.39 Å².